The lowest BCUT2D eigenvalue weighted by atomic mass is 10.1. The lowest BCUT2D eigenvalue weighted by molar-refractivity contribution is 0.0362. The predicted molar refractivity (Wildman–Crippen MR) is 73.0 cm³/mol. The molecule has 0 N–H and O–H groups in total. The van der Waals surface area contributed by atoms with E-state index in [0.29, 0.717) is 6.04 Å². The van der Waals surface area contributed by atoms with Crippen molar-refractivity contribution < 1.29 is 9.53 Å². The van der Waals surface area contributed by atoms with Crippen LogP contribution in [0, 0.1) is 2.88 Å². The van der Waals surface area contributed by atoms with E-state index in [9.17, 15) is 4.79 Å². The van der Waals surface area contributed by atoms with E-state index in [4.69, 9.17) is 4.74 Å². The topological polar surface area (TPSA) is 29.5 Å². The van der Waals surface area contributed by atoms with Gasteiger partial charge < -0.3 is 9.64 Å². The van der Waals surface area contributed by atoms with Crippen LogP contribution in [-0.4, -0.2) is 37.1 Å². The number of amides is 1. The van der Waals surface area contributed by atoms with Crippen LogP contribution in [0.15, 0.2) is 11.4 Å². The Morgan fingerprint density at radius 3 is 2.81 bits per heavy atom. The van der Waals surface area contributed by atoms with Gasteiger partial charge in [-0.15, -0.1) is 11.3 Å². The Bertz CT molecular complexity index is 374. The molecule has 1 saturated heterocycles. The highest BCUT2D eigenvalue weighted by Gasteiger charge is 2.23. The van der Waals surface area contributed by atoms with Crippen molar-refractivity contribution in [2.75, 3.05) is 20.3 Å². The van der Waals surface area contributed by atoms with Crippen molar-refractivity contribution in [1.29, 1.82) is 0 Å². The van der Waals surface area contributed by atoms with Crippen LogP contribution in [0.25, 0.3) is 0 Å². The first-order chi connectivity index (χ1) is 7.68. The number of rotatable bonds is 2. The van der Waals surface area contributed by atoms with Gasteiger partial charge in [0.25, 0.3) is 5.91 Å². The van der Waals surface area contributed by atoms with Gasteiger partial charge in [0.05, 0.1) is 8.45 Å². The molecule has 2 rings (SSSR count). The highest BCUT2D eigenvalue weighted by atomic mass is 127. The Balaban J connectivity index is 2.03. The molecule has 0 atom stereocenters. The number of carbonyl (C=O) groups excluding carboxylic acids is 1. The summed E-state index contributed by atoms with van der Waals surface area (Å²) in [4.78, 5) is 14.0. The first-order valence-electron chi connectivity index (χ1n) is 5.27. The molecular formula is C11H14INO2S. The normalized spacial score (nSPS) is 17.4. The summed E-state index contributed by atoms with van der Waals surface area (Å²) in [5.41, 5.74) is 0.809. The second-order valence-corrected chi connectivity index (χ2v) is 6.70. The molecule has 1 aliphatic rings. The molecule has 88 valence electrons. The van der Waals surface area contributed by atoms with E-state index < -0.39 is 0 Å². The fourth-order valence-electron chi connectivity index (χ4n) is 1.86. The molecule has 1 aromatic rings. The van der Waals surface area contributed by atoms with Gasteiger partial charge in [-0.3, -0.25) is 4.79 Å². The summed E-state index contributed by atoms with van der Waals surface area (Å²) in [7, 11) is 1.89. The molecule has 0 aromatic carbocycles. The van der Waals surface area contributed by atoms with Crippen LogP contribution in [0.4, 0.5) is 0 Å². The van der Waals surface area contributed by atoms with Gasteiger partial charge in [0.15, 0.2) is 0 Å². The third-order valence-electron chi connectivity index (χ3n) is 2.87. The van der Waals surface area contributed by atoms with Crippen LogP contribution in [0.1, 0.15) is 23.2 Å². The Kier molecular flexibility index (Phi) is 4.21. The molecule has 1 amide bonds. The van der Waals surface area contributed by atoms with Crippen LogP contribution in [-0.2, 0) is 4.74 Å². The Morgan fingerprint density at radius 1 is 1.56 bits per heavy atom. The van der Waals surface area contributed by atoms with Gasteiger partial charge in [-0.2, -0.15) is 0 Å². The van der Waals surface area contributed by atoms with Crippen LogP contribution >= 0.6 is 33.9 Å². The Hall–Kier alpha value is -0.140. The van der Waals surface area contributed by atoms with Crippen molar-refractivity contribution in [3.8, 4) is 0 Å². The smallest absolute Gasteiger partial charge is 0.254 e. The minimum Gasteiger partial charge on any atom is -0.381 e. The van der Waals surface area contributed by atoms with Crippen LogP contribution in [0.2, 0.25) is 0 Å². The number of thiophene rings is 1. The summed E-state index contributed by atoms with van der Waals surface area (Å²) in [6.07, 6.45) is 1.90. The average molecular weight is 351 g/mol. The molecule has 0 unspecified atom stereocenters. The maximum absolute atomic E-state index is 12.1. The number of hydrogen-bond donors (Lipinski definition) is 0. The first kappa shape index (κ1) is 12.3. The van der Waals surface area contributed by atoms with Gasteiger partial charge in [-0.25, -0.2) is 0 Å². The van der Waals surface area contributed by atoms with Crippen molar-refractivity contribution >= 4 is 39.8 Å². The molecule has 16 heavy (non-hydrogen) atoms. The first-order valence-corrected chi connectivity index (χ1v) is 7.23. The monoisotopic (exact) mass is 351 g/mol. The summed E-state index contributed by atoms with van der Waals surface area (Å²) in [6.45, 7) is 1.53. The van der Waals surface area contributed by atoms with Gasteiger partial charge in [0, 0.05) is 31.7 Å². The number of ether oxygens (including phenoxy) is 1. The van der Waals surface area contributed by atoms with Gasteiger partial charge in [0.2, 0.25) is 0 Å². The van der Waals surface area contributed by atoms with E-state index in [0.717, 1.165) is 34.5 Å². The highest BCUT2D eigenvalue weighted by Crippen LogP contribution is 2.20. The molecule has 5 heteroatoms. The molecule has 0 aliphatic carbocycles. The zero-order valence-electron chi connectivity index (χ0n) is 9.11. The molecular weight excluding hydrogens is 337 g/mol. The second-order valence-electron chi connectivity index (χ2n) is 3.90. The van der Waals surface area contributed by atoms with Crippen LogP contribution in [0.3, 0.4) is 0 Å². The molecule has 1 aromatic heterocycles. The van der Waals surface area contributed by atoms with E-state index in [1.54, 1.807) is 11.3 Å². The van der Waals surface area contributed by atoms with Gasteiger partial charge >= 0.3 is 0 Å². The summed E-state index contributed by atoms with van der Waals surface area (Å²) < 4.78 is 6.46. The van der Waals surface area contributed by atoms with Gasteiger partial charge in [-0.05, 0) is 41.5 Å². The molecule has 1 fully saturated rings. The minimum atomic E-state index is 0.131. The third-order valence-corrected chi connectivity index (χ3v) is 4.66. The molecule has 3 nitrogen and oxygen atoms in total. The number of carbonyl (C=O) groups is 1. The molecule has 1 aliphatic heterocycles. The Labute approximate surface area is 113 Å². The quantitative estimate of drug-likeness (QED) is 0.767. The number of nitrogens with zero attached hydrogens (tertiary/aromatic N) is 1. The SMILES string of the molecule is CN(C(=O)c1csc(I)c1)C1CCOCC1. The van der Waals surface area contributed by atoms with Crippen molar-refractivity contribution in [3.05, 3.63) is 19.9 Å². The summed E-state index contributed by atoms with van der Waals surface area (Å²) >= 11 is 3.85. The summed E-state index contributed by atoms with van der Waals surface area (Å²) in [6, 6.07) is 2.28. The predicted octanol–water partition coefficient (Wildman–Crippen LogP) is 2.60. The largest absolute Gasteiger partial charge is 0.381 e. The van der Waals surface area contributed by atoms with Crippen LogP contribution in [0.5, 0.6) is 0 Å². The lowest BCUT2D eigenvalue weighted by Crippen LogP contribution is -2.40. The molecule has 0 spiro atoms. The van der Waals surface area contributed by atoms with Gasteiger partial charge in [0.1, 0.15) is 0 Å². The van der Waals surface area contributed by atoms with Crippen LogP contribution < -0.4 is 0 Å². The second kappa shape index (κ2) is 5.46. The minimum absolute atomic E-state index is 0.131. The summed E-state index contributed by atoms with van der Waals surface area (Å²) in [5, 5.41) is 1.93. The van der Waals surface area contributed by atoms with E-state index in [2.05, 4.69) is 22.6 Å². The molecule has 0 radical (unpaired) electrons. The average Bonchev–Trinajstić information content (AvgIpc) is 2.75. The molecule has 2 heterocycles. The van der Waals surface area contributed by atoms with E-state index in [1.165, 1.54) is 0 Å². The van der Waals surface area contributed by atoms with Crippen molar-refractivity contribution in [1.82, 2.24) is 4.90 Å². The Morgan fingerprint density at radius 2 is 2.25 bits per heavy atom. The van der Waals surface area contributed by atoms with Crippen molar-refractivity contribution in [2.24, 2.45) is 0 Å². The zero-order valence-corrected chi connectivity index (χ0v) is 12.1. The summed E-state index contributed by atoms with van der Waals surface area (Å²) in [5.74, 6) is 0.131. The molecule has 0 saturated carbocycles. The maximum Gasteiger partial charge on any atom is 0.254 e. The maximum atomic E-state index is 12.1. The highest BCUT2D eigenvalue weighted by molar-refractivity contribution is 14.1. The standard InChI is InChI=1S/C11H14INO2S/c1-13(9-2-4-15-5-3-9)11(14)8-6-10(12)16-7-8/h6-7,9H,2-5H2,1H3. The zero-order chi connectivity index (χ0) is 11.5. The number of halogens is 1. The fourth-order valence-corrected chi connectivity index (χ4v) is 3.18. The van der Waals surface area contributed by atoms with Gasteiger partial charge in [-0.1, -0.05) is 0 Å². The molecule has 0 bridgehead atoms. The van der Waals surface area contributed by atoms with E-state index >= 15 is 0 Å². The van der Waals surface area contributed by atoms with E-state index in [1.807, 2.05) is 23.4 Å². The van der Waals surface area contributed by atoms with E-state index in [-0.39, 0.29) is 5.91 Å². The van der Waals surface area contributed by atoms with Crippen molar-refractivity contribution in [3.63, 3.8) is 0 Å². The van der Waals surface area contributed by atoms with Crippen molar-refractivity contribution in [2.45, 2.75) is 18.9 Å². The fraction of sp³-hybridized carbons (Fsp3) is 0.545. The third kappa shape index (κ3) is 2.75. The number of hydrogen-bond acceptors (Lipinski definition) is 3. The lowest BCUT2D eigenvalue weighted by Gasteiger charge is -2.31.